The van der Waals surface area contributed by atoms with Gasteiger partial charge >= 0.3 is 0 Å². The molecule has 0 amide bonds. The van der Waals surface area contributed by atoms with Crippen molar-refractivity contribution in [3.8, 4) is 6.07 Å². The van der Waals surface area contributed by atoms with Gasteiger partial charge in [-0.25, -0.2) is 0 Å². The van der Waals surface area contributed by atoms with Crippen LogP contribution in [0, 0.1) is 17.2 Å². The first-order valence-electron chi connectivity index (χ1n) is 7.49. The van der Waals surface area contributed by atoms with Crippen molar-refractivity contribution in [2.24, 2.45) is 5.92 Å². The molecule has 0 radical (unpaired) electrons. The van der Waals surface area contributed by atoms with Gasteiger partial charge in [0, 0.05) is 18.0 Å². The largest absolute Gasteiger partial charge is 0.378 e. The highest BCUT2D eigenvalue weighted by Crippen LogP contribution is 2.32. The van der Waals surface area contributed by atoms with Crippen LogP contribution >= 0.6 is 0 Å². The van der Waals surface area contributed by atoms with E-state index in [-0.39, 0.29) is 0 Å². The highest BCUT2D eigenvalue weighted by Gasteiger charge is 2.34. The quantitative estimate of drug-likeness (QED) is 0.911. The predicted molar refractivity (Wildman–Crippen MR) is 80.8 cm³/mol. The van der Waals surface area contributed by atoms with E-state index in [2.05, 4.69) is 26.5 Å². The fourth-order valence-electron chi connectivity index (χ4n) is 3.59. The number of benzene rings is 1. The normalized spacial score (nSPS) is 27.5. The second kappa shape index (κ2) is 4.97. The molecule has 3 aliphatic rings. The molecule has 3 saturated heterocycles. The summed E-state index contributed by atoms with van der Waals surface area (Å²) < 4.78 is 0. The van der Waals surface area contributed by atoms with Gasteiger partial charge in [0.25, 0.3) is 0 Å². The molecule has 2 bridgehead atoms. The number of hydrogen-bond donors (Lipinski definition) is 1. The van der Waals surface area contributed by atoms with Gasteiger partial charge in [-0.15, -0.1) is 10.2 Å². The molecule has 0 spiro atoms. The fourth-order valence-corrected chi connectivity index (χ4v) is 3.59. The van der Waals surface area contributed by atoms with Crippen LogP contribution in [0.4, 0.5) is 5.69 Å². The van der Waals surface area contributed by atoms with Crippen LogP contribution < -0.4 is 5.32 Å². The lowest BCUT2D eigenvalue weighted by Gasteiger charge is -2.45. The maximum Gasteiger partial charge on any atom is 0.186 e. The third-order valence-electron chi connectivity index (χ3n) is 4.76. The third kappa shape index (κ3) is 2.12. The SMILES string of the molecule is N#Cc1nnc2ccccc2c1NC1CN2CCC1CC2. The molecule has 21 heavy (non-hydrogen) atoms. The standard InChI is InChI=1S/C16H17N5/c17-9-14-16(12-3-1-2-4-13(12)19-20-14)18-15-10-21-7-5-11(15)6-8-21/h1-4,11,15H,5-8,10H2,(H,18,19). The van der Waals surface area contributed by atoms with Crippen LogP contribution in [0.5, 0.6) is 0 Å². The van der Waals surface area contributed by atoms with Gasteiger partial charge in [0.15, 0.2) is 5.69 Å². The van der Waals surface area contributed by atoms with Crippen LogP contribution in [0.3, 0.4) is 0 Å². The summed E-state index contributed by atoms with van der Waals surface area (Å²) in [6.45, 7) is 3.48. The molecular weight excluding hydrogens is 262 g/mol. The molecule has 1 unspecified atom stereocenters. The number of nitrogens with zero attached hydrogens (tertiary/aromatic N) is 4. The Morgan fingerprint density at radius 3 is 2.71 bits per heavy atom. The first-order valence-corrected chi connectivity index (χ1v) is 7.49. The fraction of sp³-hybridized carbons (Fsp3) is 0.438. The Morgan fingerprint density at radius 1 is 1.19 bits per heavy atom. The lowest BCUT2D eigenvalue weighted by Crippen LogP contribution is -2.53. The minimum atomic E-state index is 0.394. The predicted octanol–water partition coefficient (Wildman–Crippen LogP) is 2.01. The van der Waals surface area contributed by atoms with Crippen LogP contribution in [0.15, 0.2) is 24.3 Å². The average molecular weight is 279 g/mol. The van der Waals surface area contributed by atoms with E-state index in [1.807, 2.05) is 24.3 Å². The van der Waals surface area contributed by atoms with Crippen molar-refractivity contribution in [2.75, 3.05) is 25.0 Å². The number of nitriles is 1. The zero-order valence-corrected chi connectivity index (χ0v) is 11.8. The van der Waals surface area contributed by atoms with Gasteiger partial charge in [-0.3, -0.25) is 0 Å². The molecule has 0 saturated carbocycles. The van der Waals surface area contributed by atoms with Gasteiger partial charge in [0.2, 0.25) is 0 Å². The zero-order valence-electron chi connectivity index (χ0n) is 11.8. The lowest BCUT2D eigenvalue weighted by molar-refractivity contribution is 0.0975. The van der Waals surface area contributed by atoms with E-state index < -0.39 is 0 Å². The van der Waals surface area contributed by atoms with Crippen LogP contribution in [0.2, 0.25) is 0 Å². The van der Waals surface area contributed by atoms with Crippen LogP contribution in [0.25, 0.3) is 10.9 Å². The van der Waals surface area contributed by atoms with E-state index in [1.54, 1.807) is 0 Å². The third-order valence-corrected chi connectivity index (χ3v) is 4.76. The van der Waals surface area contributed by atoms with E-state index >= 15 is 0 Å². The van der Waals surface area contributed by atoms with Gasteiger partial charge in [-0.05, 0) is 37.9 Å². The Morgan fingerprint density at radius 2 is 2.00 bits per heavy atom. The Labute approximate surface area is 123 Å². The Balaban J connectivity index is 1.74. The highest BCUT2D eigenvalue weighted by molar-refractivity contribution is 5.92. The van der Waals surface area contributed by atoms with Gasteiger partial charge in [-0.2, -0.15) is 5.26 Å². The second-order valence-electron chi connectivity index (χ2n) is 5.94. The van der Waals surface area contributed by atoms with E-state index in [0.29, 0.717) is 17.7 Å². The van der Waals surface area contributed by atoms with Crippen molar-refractivity contribution in [3.63, 3.8) is 0 Å². The molecule has 4 heterocycles. The molecule has 3 fully saturated rings. The molecule has 1 N–H and O–H groups in total. The lowest BCUT2D eigenvalue weighted by atomic mass is 9.84. The maximum absolute atomic E-state index is 9.34. The van der Waals surface area contributed by atoms with Crippen molar-refractivity contribution in [3.05, 3.63) is 30.0 Å². The number of hydrogen-bond acceptors (Lipinski definition) is 5. The minimum absolute atomic E-state index is 0.394. The summed E-state index contributed by atoms with van der Waals surface area (Å²) in [6.07, 6.45) is 2.49. The van der Waals surface area contributed by atoms with Gasteiger partial charge in [-0.1, -0.05) is 18.2 Å². The Bertz CT molecular complexity index is 712. The van der Waals surface area contributed by atoms with Crippen LogP contribution in [0.1, 0.15) is 18.5 Å². The number of piperidine rings is 3. The second-order valence-corrected chi connectivity index (χ2v) is 5.94. The zero-order chi connectivity index (χ0) is 14.2. The van der Waals surface area contributed by atoms with Gasteiger partial charge in [0.05, 0.1) is 11.2 Å². The summed E-state index contributed by atoms with van der Waals surface area (Å²) in [4.78, 5) is 2.50. The summed E-state index contributed by atoms with van der Waals surface area (Å²) in [5.41, 5.74) is 2.08. The smallest absolute Gasteiger partial charge is 0.186 e. The van der Waals surface area contributed by atoms with Crippen molar-refractivity contribution < 1.29 is 0 Å². The molecule has 2 aromatic rings. The summed E-state index contributed by atoms with van der Waals surface area (Å²) in [7, 11) is 0. The summed E-state index contributed by atoms with van der Waals surface area (Å²) >= 11 is 0. The monoisotopic (exact) mass is 279 g/mol. The van der Waals surface area contributed by atoms with Crippen LogP contribution in [-0.2, 0) is 0 Å². The number of nitrogens with one attached hydrogen (secondary N) is 1. The Hall–Kier alpha value is -2.19. The van der Waals surface area contributed by atoms with Gasteiger partial charge < -0.3 is 10.2 Å². The maximum atomic E-state index is 9.34. The number of rotatable bonds is 2. The van der Waals surface area contributed by atoms with E-state index in [1.165, 1.54) is 25.9 Å². The highest BCUT2D eigenvalue weighted by atomic mass is 15.2. The summed E-state index contributed by atoms with van der Waals surface area (Å²) in [5, 5.41) is 22.1. The van der Waals surface area contributed by atoms with Crippen LogP contribution in [-0.4, -0.2) is 40.8 Å². The summed E-state index contributed by atoms with van der Waals surface area (Å²) in [5.74, 6) is 0.702. The van der Waals surface area contributed by atoms with Crippen molar-refractivity contribution in [1.82, 2.24) is 15.1 Å². The molecule has 1 atom stereocenters. The molecule has 1 aromatic heterocycles. The van der Waals surface area contributed by atoms with Crippen molar-refractivity contribution in [2.45, 2.75) is 18.9 Å². The molecule has 0 aliphatic carbocycles. The number of anilines is 1. The summed E-state index contributed by atoms with van der Waals surface area (Å²) in [6, 6.07) is 10.4. The topological polar surface area (TPSA) is 64.8 Å². The van der Waals surface area contributed by atoms with Gasteiger partial charge in [0.1, 0.15) is 6.07 Å². The first-order chi connectivity index (χ1) is 10.3. The molecule has 1 aromatic carbocycles. The number of fused-ring (bicyclic) bond motifs is 4. The minimum Gasteiger partial charge on any atom is -0.378 e. The molecule has 3 aliphatic heterocycles. The molecule has 106 valence electrons. The first kappa shape index (κ1) is 12.5. The van der Waals surface area contributed by atoms with E-state index in [0.717, 1.165) is 23.1 Å². The number of aromatic nitrogens is 2. The van der Waals surface area contributed by atoms with E-state index in [4.69, 9.17) is 0 Å². The molecule has 5 nitrogen and oxygen atoms in total. The van der Waals surface area contributed by atoms with E-state index in [9.17, 15) is 5.26 Å². The molecule has 5 rings (SSSR count). The molecule has 5 heteroatoms. The van der Waals surface area contributed by atoms with Crippen molar-refractivity contribution >= 4 is 16.6 Å². The average Bonchev–Trinajstić information content (AvgIpc) is 2.56. The Kier molecular flexibility index (Phi) is 2.97. The molecular formula is C16H17N5. The van der Waals surface area contributed by atoms with Crippen molar-refractivity contribution in [1.29, 1.82) is 5.26 Å².